The van der Waals surface area contributed by atoms with Gasteiger partial charge in [0, 0.05) is 30.3 Å². The molecule has 4 aliphatic rings. The molecular formula is C24H27N5O5. The molecule has 2 bridgehead atoms. The molecule has 3 N–H and O–H groups in total. The summed E-state index contributed by atoms with van der Waals surface area (Å²) in [5.41, 5.74) is 2.86. The van der Waals surface area contributed by atoms with E-state index in [1.165, 1.54) is 4.57 Å². The van der Waals surface area contributed by atoms with E-state index < -0.39 is 5.76 Å². The van der Waals surface area contributed by atoms with Crippen molar-refractivity contribution in [1.29, 1.82) is 0 Å². The molecule has 178 valence electrons. The molecule has 34 heavy (non-hydrogen) atoms. The van der Waals surface area contributed by atoms with Crippen LogP contribution in [0.3, 0.4) is 0 Å². The lowest BCUT2D eigenvalue weighted by molar-refractivity contribution is -0.115. The first-order chi connectivity index (χ1) is 16.4. The van der Waals surface area contributed by atoms with Crippen LogP contribution in [-0.2, 0) is 23.0 Å². The molecule has 4 fully saturated rings. The van der Waals surface area contributed by atoms with E-state index in [2.05, 4.69) is 20.8 Å². The molecule has 2 amide bonds. The number of anilines is 1. The number of aryl methyl sites for hydroxylation is 1. The molecule has 1 aromatic carbocycles. The van der Waals surface area contributed by atoms with Crippen LogP contribution in [0.5, 0.6) is 0 Å². The summed E-state index contributed by atoms with van der Waals surface area (Å²) in [6.07, 6.45) is 5.47. The maximum atomic E-state index is 12.5. The summed E-state index contributed by atoms with van der Waals surface area (Å²) in [6.45, 7) is 0. The minimum absolute atomic E-state index is 0.0250. The van der Waals surface area contributed by atoms with E-state index in [4.69, 9.17) is 9.15 Å². The van der Waals surface area contributed by atoms with Crippen LogP contribution in [0.4, 0.5) is 10.6 Å². The van der Waals surface area contributed by atoms with Crippen LogP contribution >= 0.6 is 0 Å². The number of nitrogens with zero attached hydrogens (tertiary/aromatic N) is 2. The van der Waals surface area contributed by atoms with Crippen molar-refractivity contribution in [2.24, 2.45) is 13.0 Å². The fourth-order valence-corrected chi connectivity index (χ4v) is 5.62. The fourth-order valence-electron chi connectivity index (χ4n) is 5.62. The Kier molecular flexibility index (Phi) is 4.79. The normalized spacial score (nSPS) is 27.1. The number of aromatic nitrogens is 3. The minimum atomic E-state index is -0.435. The second-order valence-electron chi connectivity index (χ2n) is 10.1. The fraction of sp³-hybridized carbons (Fsp3) is 0.500. The third-order valence-electron chi connectivity index (χ3n) is 7.59. The summed E-state index contributed by atoms with van der Waals surface area (Å²) in [5.74, 6) is 0.832. The molecule has 2 atom stereocenters. The maximum absolute atomic E-state index is 12.5. The maximum Gasteiger partial charge on any atom is 0.419 e. The van der Waals surface area contributed by atoms with Gasteiger partial charge in [0.2, 0.25) is 5.91 Å². The highest BCUT2D eigenvalue weighted by molar-refractivity contribution is 5.92. The van der Waals surface area contributed by atoms with Crippen LogP contribution in [0.2, 0.25) is 0 Å². The number of aromatic amines is 1. The Balaban J connectivity index is 1.02. The van der Waals surface area contributed by atoms with Crippen molar-refractivity contribution in [1.82, 2.24) is 20.1 Å². The van der Waals surface area contributed by atoms with Crippen LogP contribution in [-0.4, -0.2) is 38.4 Å². The van der Waals surface area contributed by atoms with E-state index in [1.807, 2.05) is 6.07 Å². The van der Waals surface area contributed by atoms with Gasteiger partial charge in [-0.1, -0.05) is 6.07 Å². The number of ether oxygens (including phenoxy) is 1. The van der Waals surface area contributed by atoms with E-state index in [0.29, 0.717) is 16.9 Å². The first-order valence-electron chi connectivity index (χ1n) is 11.8. The van der Waals surface area contributed by atoms with Gasteiger partial charge in [-0.3, -0.25) is 14.5 Å². The van der Waals surface area contributed by atoms with Crippen molar-refractivity contribution in [3.05, 3.63) is 46.1 Å². The number of amides is 2. The number of hydrogen-bond acceptors (Lipinski definition) is 6. The zero-order valence-electron chi connectivity index (χ0n) is 18.9. The van der Waals surface area contributed by atoms with Crippen LogP contribution in [0.25, 0.3) is 11.1 Å². The van der Waals surface area contributed by atoms with Gasteiger partial charge in [-0.15, -0.1) is 0 Å². The van der Waals surface area contributed by atoms with Crippen molar-refractivity contribution >= 4 is 28.9 Å². The molecule has 10 nitrogen and oxygen atoms in total. The monoisotopic (exact) mass is 465 g/mol. The van der Waals surface area contributed by atoms with E-state index in [9.17, 15) is 14.4 Å². The summed E-state index contributed by atoms with van der Waals surface area (Å²) in [5, 5.41) is 13.1. The molecule has 7 rings (SSSR count). The Morgan fingerprint density at radius 1 is 1.26 bits per heavy atom. The van der Waals surface area contributed by atoms with Crippen molar-refractivity contribution < 1.29 is 18.7 Å². The van der Waals surface area contributed by atoms with Crippen LogP contribution < -0.4 is 16.4 Å². The number of alkyl carbamates (subject to hydrolysis) is 1. The van der Waals surface area contributed by atoms with Gasteiger partial charge in [0.1, 0.15) is 6.10 Å². The number of nitrogens with one attached hydrogen (secondary N) is 3. The van der Waals surface area contributed by atoms with Gasteiger partial charge in [-0.05, 0) is 62.1 Å². The van der Waals surface area contributed by atoms with Gasteiger partial charge in [-0.2, -0.15) is 5.10 Å². The van der Waals surface area contributed by atoms with Crippen molar-refractivity contribution in [3.63, 3.8) is 0 Å². The van der Waals surface area contributed by atoms with Crippen LogP contribution in [0.15, 0.2) is 33.5 Å². The molecule has 0 aliphatic heterocycles. The highest BCUT2D eigenvalue weighted by atomic mass is 16.6. The largest absolute Gasteiger partial charge is 0.446 e. The first-order valence-corrected chi connectivity index (χ1v) is 11.8. The molecule has 2 aromatic heterocycles. The zero-order chi connectivity index (χ0) is 23.4. The lowest BCUT2D eigenvalue weighted by Crippen LogP contribution is -2.68. The van der Waals surface area contributed by atoms with Crippen LogP contribution in [0.1, 0.15) is 55.7 Å². The summed E-state index contributed by atoms with van der Waals surface area (Å²) in [6, 6.07) is 7.08. The predicted molar refractivity (Wildman–Crippen MR) is 122 cm³/mol. The molecule has 0 spiro atoms. The van der Waals surface area contributed by atoms with Gasteiger partial charge in [0.15, 0.2) is 11.4 Å². The molecule has 2 unspecified atom stereocenters. The lowest BCUT2D eigenvalue weighted by Gasteiger charge is -2.61. The predicted octanol–water partition coefficient (Wildman–Crippen LogP) is 2.95. The molecular weight excluding hydrogens is 438 g/mol. The minimum Gasteiger partial charge on any atom is -0.446 e. The zero-order valence-corrected chi connectivity index (χ0v) is 18.9. The van der Waals surface area contributed by atoms with Gasteiger partial charge >= 0.3 is 11.8 Å². The Morgan fingerprint density at radius 2 is 2.09 bits per heavy atom. The van der Waals surface area contributed by atoms with Crippen molar-refractivity contribution in [3.8, 4) is 0 Å². The van der Waals surface area contributed by atoms with Gasteiger partial charge in [-0.25, -0.2) is 9.59 Å². The van der Waals surface area contributed by atoms with E-state index in [0.717, 1.165) is 55.7 Å². The Bertz CT molecular complexity index is 1320. The van der Waals surface area contributed by atoms with Crippen LogP contribution in [0, 0.1) is 5.92 Å². The van der Waals surface area contributed by atoms with Crippen molar-refractivity contribution in [2.75, 3.05) is 5.32 Å². The summed E-state index contributed by atoms with van der Waals surface area (Å²) < 4.78 is 12.2. The standard InChI is InChI=1S/C24H27N5O5/c1-29-18-6-13(2-5-19(18)34-23(29)32)7-21(30)25-20-9-17(27-28-20)15-3-4-16(8-15)33-22(31)26-24-10-14(11-24)12-24/h2,5-6,9,14-16H,3-4,7-8,10-12H2,1H3,(H,26,31)(H2,25,27,28,30). The van der Waals surface area contributed by atoms with Gasteiger partial charge in [0.25, 0.3) is 0 Å². The summed E-state index contributed by atoms with van der Waals surface area (Å²) in [4.78, 5) is 36.4. The number of carbonyl (C=O) groups is 2. The number of benzene rings is 1. The molecule has 4 saturated carbocycles. The number of rotatable bonds is 6. The Labute approximate surface area is 195 Å². The third-order valence-corrected chi connectivity index (χ3v) is 7.59. The molecule has 0 saturated heterocycles. The average molecular weight is 466 g/mol. The number of carbonyl (C=O) groups excluding carboxylic acids is 2. The molecule has 4 aliphatic carbocycles. The molecule has 2 heterocycles. The Morgan fingerprint density at radius 3 is 2.85 bits per heavy atom. The number of hydrogen-bond donors (Lipinski definition) is 3. The molecule has 0 radical (unpaired) electrons. The first kappa shape index (κ1) is 21.0. The van der Waals surface area contributed by atoms with E-state index in [-0.39, 0.29) is 36.0 Å². The number of H-pyrrole nitrogens is 1. The highest BCUT2D eigenvalue weighted by Crippen LogP contribution is 2.57. The number of fused-ring (bicyclic) bond motifs is 1. The average Bonchev–Trinajstić information content (AvgIpc) is 3.45. The summed E-state index contributed by atoms with van der Waals surface area (Å²) in [7, 11) is 1.63. The SMILES string of the molecule is Cn1c(=O)oc2ccc(CC(=O)Nc3cc(C4CCC(OC(=O)NC56CC(C5)C6)C4)[nH]n3)cc21. The smallest absolute Gasteiger partial charge is 0.419 e. The number of oxazole rings is 1. The van der Waals surface area contributed by atoms with Crippen molar-refractivity contribution in [2.45, 2.75) is 62.5 Å². The second kappa shape index (κ2) is 7.75. The Hall–Kier alpha value is -3.56. The topological polar surface area (TPSA) is 131 Å². The lowest BCUT2D eigenvalue weighted by atomic mass is 9.50. The van der Waals surface area contributed by atoms with Gasteiger partial charge < -0.3 is 19.8 Å². The molecule has 3 aromatic rings. The highest BCUT2D eigenvalue weighted by Gasteiger charge is 2.57. The second-order valence-corrected chi connectivity index (χ2v) is 10.1. The van der Waals surface area contributed by atoms with E-state index in [1.54, 1.807) is 25.2 Å². The quantitative estimate of drug-likeness (QED) is 0.513. The summed E-state index contributed by atoms with van der Waals surface area (Å²) >= 11 is 0. The van der Waals surface area contributed by atoms with Gasteiger partial charge in [0.05, 0.1) is 11.9 Å². The van der Waals surface area contributed by atoms with E-state index >= 15 is 0 Å². The molecule has 10 heteroatoms. The third kappa shape index (κ3) is 3.76.